The number of rotatable bonds is 25. The number of hydrogen-bond donors (Lipinski definition) is 0. The van der Waals surface area contributed by atoms with Crippen molar-refractivity contribution in [3.63, 3.8) is 0 Å². The molecule has 0 aliphatic carbocycles. The first-order chi connectivity index (χ1) is 69.4. The van der Waals surface area contributed by atoms with Crippen molar-refractivity contribution in [2.24, 2.45) is 0 Å². The number of benzene rings is 8. The van der Waals surface area contributed by atoms with E-state index in [-0.39, 0.29) is 72.8 Å². The number of nitrogens with zero attached hydrogens (tertiary/aromatic N) is 23. The van der Waals surface area contributed by atoms with E-state index in [4.69, 9.17) is 44.1 Å². The summed E-state index contributed by atoms with van der Waals surface area (Å²) in [5, 5.41) is 18.9. The van der Waals surface area contributed by atoms with Crippen LogP contribution in [-0.4, -0.2) is 258 Å². The number of ether oxygens (including phenoxy) is 5. The van der Waals surface area contributed by atoms with Gasteiger partial charge in [0.1, 0.15) is 44.1 Å². The van der Waals surface area contributed by atoms with Gasteiger partial charge in [-0.25, -0.2) is 52.4 Å². The molecule has 4 aliphatic heterocycles. The van der Waals surface area contributed by atoms with Gasteiger partial charge in [-0.05, 0) is 138 Å². The maximum absolute atomic E-state index is 14.0. The van der Waals surface area contributed by atoms with Crippen LogP contribution in [0.15, 0.2) is 292 Å². The third-order valence-corrected chi connectivity index (χ3v) is 24.7. The number of amides is 4. The third kappa shape index (κ3) is 23.4. The topological polar surface area (TPSA) is 302 Å². The van der Waals surface area contributed by atoms with Crippen LogP contribution in [0.25, 0.3) is 90.1 Å². The summed E-state index contributed by atoms with van der Waals surface area (Å²) in [7, 11) is 7.29. The zero-order chi connectivity index (χ0) is 98.4. The molecule has 0 unspecified atom stereocenters. The van der Waals surface area contributed by atoms with E-state index in [2.05, 4.69) is 54.5 Å². The smallest absolute Gasteiger partial charge is 0.244 e. The molecule has 4 amide bonds. The van der Waals surface area contributed by atoms with Crippen molar-refractivity contribution in [3.05, 3.63) is 315 Å². The summed E-state index contributed by atoms with van der Waals surface area (Å²) >= 11 is 0. The molecule has 4 fully saturated rings. The minimum atomic E-state index is -0.443. The minimum Gasteiger partial charge on any atom is -0.494 e. The molecule has 12 heterocycles. The van der Waals surface area contributed by atoms with Gasteiger partial charge in [-0.1, -0.05) is 127 Å². The summed E-state index contributed by atoms with van der Waals surface area (Å²) in [6.45, 7) is 10.5. The van der Waals surface area contributed by atoms with Crippen molar-refractivity contribution in [1.29, 1.82) is 0 Å². The van der Waals surface area contributed by atoms with Crippen LogP contribution < -0.4 is 43.3 Å². The van der Waals surface area contributed by atoms with Crippen molar-refractivity contribution < 1.29 is 60.4 Å². The van der Waals surface area contributed by atoms with Gasteiger partial charge in [0, 0.05) is 170 Å². The van der Waals surface area contributed by atoms with Crippen molar-refractivity contribution in [2.75, 3.05) is 160 Å². The fraction of sp³-hybridized carbons (Fsp3) is 0.236. The standard InChI is InChI=1S/C27H27FN6O3.C27H26FN5O2.2C26H25FN6O2/c1-36-24-14-20(8-9-21(24)28)22-15-23(19-6-4-3-5-7-19)34(31-22)17-27(35)33-12-10-32(11-13-33)25-16-26(37-2)30-18-29-25;1-35-25-17-21(10-11-22(25)28)23-18-24(20-7-3-2-4-8-20)33(30-23)19-27(34)32-15-13-31(14-16-32)26-9-5-6-12-29-26;1-35-24-16-20(8-9-21(24)27)22-17-23(19-6-3-2-4-7-19)33(30-22)18-25(34)31-12-14-32(15-13-31)26-28-10-5-11-29-26;1-35-24-16-20(8-9-21(24)27)23-17-22(19-6-3-2-4-7-19)30-33(23)18-25(34)31-12-14-32(15-13-31)26-28-10-5-11-29-26/h3-9,14-16,18H,10-13,17H2,1-2H3;2-12,17-18H,13-16,19H2,1H3;2*2-11,16-17H,12-15,18H2,1H3. The van der Waals surface area contributed by atoms with Gasteiger partial charge in [0.15, 0.2) is 46.3 Å². The number of methoxy groups -OCH3 is 5. The first-order valence-electron chi connectivity index (χ1n) is 46.2. The maximum Gasteiger partial charge on any atom is 0.244 e. The SMILES string of the molecule is COc1cc(-c2cc(-c3ccccc3)n(CC(=O)N3CCN(c4ccccn4)CC3)n2)ccc1F.COc1cc(-c2cc(-c3ccccc3)n(CC(=O)N3CCN(c4ncccn4)CC3)n2)ccc1F.COc1cc(-c2cc(-c3ccccc3)nn2CC(=O)N2CCN(c3ncccn3)CC2)ccc1F.COc1cc(N2CCN(C(=O)Cn3nc(-c4ccc(F)c(OC)c4)cc3-c3ccccc3)CC2)ncn1. The van der Waals surface area contributed by atoms with Crippen LogP contribution in [0.1, 0.15) is 0 Å². The summed E-state index contributed by atoms with van der Waals surface area (Å²) in [5.41, 5.74) is 12.4. The Morgan fingerprint density at radius 1 is 0.254 bits per heavy atom. The monoisotopic (exact) mass is 1920 g/mol. The fourth-order valence-corrected chi connectivity index (χ4v) is 17.0. The molecule has 142 heavy (non-hydrogen) atoms. The van der Waals surface area contributed by atoms with Crippen LogP contribution in [-0.2, 0) is 45.4 Å². The van der Waals surface area contributed by atoms with E-state index < -0.39 is 23.3 Å². The van der Waals surface area contributed by atoms with Gasteiger partial charge in [0.2, 0.25) is 41.4 Å². The molecule has 0 atom stereocenters. The summed E-state index contributed by atoms with van der Waals surface area (Å²) in [6.07, 6.45) is 10.1. The highest BCUT2D eigenvalue weighted by Crippen LogP contribution is 2.37. The predicted molar refractivity (Wildman–Crippen MR) is 530 cm³/mol. The molecule has 4 saturated heterocycles. The van der Waals surface area contributed by atoms with Gasteiger partial charge in [0.05, 0.1) is 81.1 Å². The summed E-state index contributed by atoms with van der Waals surface area (Å²) in [5.74, 6) is 2.33. The summed E-state index contributed by atoms with van der Waals surface area (Å²) < 4.78 is 88.5. The Labute approximate surface area is 817 Å². The number of aromatic nitrogens is 15. The predicted octanol–water partition coefficient (Wildman–Crippen LogP) is 14.6. The Morgan fingerprint density at radius 3 is 0.852 bits per heavy atom. The van der Waals surface area contributed by atoms with Crippen LogP contribution in [0.4, 0.5) is 41.1 Å². The van der Waals surface area contributed by atoms with Gasteiger partial charge < -0.3 is 62.9 Å². The first kappa shape index (κ1) is 96.5. The van der Waals surface area contributed by atoms with Gasteiger partial charge >= 0.3 is 0 Å². The highest BCUT2D eigenvalue weighted by atomic mass is 19.1. The van der Waals surface area contributed by atoms with Gasteiger partial charge in [0.25, 0.3) is 0 Å². The van der Waals surface area contributed by atoms with E-state index in [0.717, 1.165) is 80.9 Å². The number of halogens is 4. The normalized spacial score (nSPS) is 13.6. The Morgan fingerprint density at radius 2 is 0.535 bits per heavy atom. The zero-order valence-electron chi connectivity index (χ0n) is 78.8. The lowest BCUT2D eigenvalue weighted by atomic mass is 10.1. The highest BCUT2D eigenvalue weighted by molar-refractivity contribution is 5.82. The lowest BCUT2D eigenvalue weighted by Gasteiger charge is -2.35. The van der Waals surface area contributed by atoms with Crippen molar-refractivity contribution in [2.45, 2.75) is 26.2 Å². The number of piperazine rings is 4. The Bertz CT molecular complexity index is 6750. The van der Waals surface area contributed by atoms with E-state index in [1.54, 1.807) is 124 Å². The second kappa shape index (κ2) is 45.8. The third-order valence-electron chi connectivity index (χ3n) is 24.7. The molecule has 0 spiro atoms. The summed E-state index contributed by atoms with van der Waals surface area (Å²) in [4.78, 5) is 98.9. The van der Waals surface area contributed by atoms with E-state index >= 15 is 0 Å². The lowest BCUT2D eigenvalue weighted by Crippen LogP contribution is -2.50. The molecule has 0 saturated carbocycles. The number of pyridine rings is 1. The Hall–Kier alpha value is -17.2. The molecule has 724 valence electrons. The molecule has 4 aliphatic rings. The quantitative estimate of drug-likeness (QED) is 0.0480. The van der Waals surface area contributed by atoms with Crippen LogP contribution in [0, 0.1) is 23.3 Å². The van der Waals surface area contributed by atoms with Gasteiger partial charge in [-0.2, -0.15) is 20.4 Å². The van der Waals surface area contributed by atoms with E-state index in [1.807, 2.05) is 183 Å². The fourth-order valence-electron chi connectivity index (χ4n) is 17.0. The van der Waals surface area contributed by atoms with Crippen molar-refractivity contribution >= 4 is 47.2 Å². The van der Waals surface area contributed by atoms with Gasteiger partial charge in [-0.3, -0.25) is 37.9 Å². The van der Waals surface area contributed by atoms with E-state index in [0.29, 0.717) is 143 Å². The van der Waals surface area contributed by atoms with E-state index in [1.165, 1.54) is 59.0 Å². The number of anilines is 4. The Balaban J connectivity index is 0.000000130. The van der Waals surface area contributed by atoms with Crippen LogP contribution in [0.2, 0.25) is 0 Å². The second-order valence-electron chi connectivity index (χ2n) is 33.3. The molecular formula is C106H103F4N23O9. The largest absolute Gasteiger partial charge is 0.494 e. The lowest BCUT2D eigenvalue weighted by molar-refractivity contribution is -0.133. The zero-order valence-corrected chi connectivity index (χ0v) is 78.8. The summed E-state index contributed by atoms with van der Waals surface area (Å²) in [6, 6.07) is 76.6. The Kier molecular flexibility index (Phi) is 31.1. The van der Waals surface area contributed by atoms with E-state index in [9.17, 15) is 36.7 Å². The van der Waals surface area contributed by atoms with Crippen LogP contribution in [0.5, 0.6) is 28.9 Å². The minimum absolute atomic E-state index is 0.00851. The molecule has 8 aromatic carbocycles. The van der Waals surface area contributed by atoms with Gasteiger partial charge in [-0.15, -0.1) is 0 Å². The number of carbonyl (C=O) groups excluding carboxylic acids is 4. The average molecular weight is 1920 g/mol. The number of hydrogen-bond acceptors (Lipinski definition) is 24. The number of carbonyl (C=O) groups is 4. The van der Waals surface area contributed by atoms with Crippen molar-refractivity contribution in [1.82, 2.24) is 93.6 Å². The molecule has 20 rings (SSSR count). The molecular weight excluding hydrogens is 1820 g/mol. The molecule has 16 aromatic rings. The van der Waals surface area contributed by atoms with Crippen molar-refractivity contribution in [3.8, 4) is 119 Å². The molecule has 32 nitrogen and oxygen atoms in total. The molecule has 0 bridgehead atoms. The first-order valence-corrected chi connectivity index (χ1v) is 46.2. The molecule has 8 aromatic heterocycles. The average Bonchev–Trinajstić information content (AvgIpc) is 1.66. The highest BCUT2D eigenvalue weighted by Gasteiger charge is 2.31. The van der Waals surface area contributed by atoms with Crippen LogP contribution in [0.3, 0.4) is 0 Å². The second-order valence-corrected chi connectivity index (χ2v) is 33.3. The molecule has 0 radical (unpaired) electrons. The maximum atomic E-state index is 14.0. The molecule has 36 heteroatoms. The van der Waals surface area contributed by atoms with Crippen LogP contribution >= 0.6 is 0 Å². The molecule has 0 N–H and O–H groups in total.